The van der Waals surface area contributed by atoms with E-state index in [0.717, 1.165) is 47.8 Å². The zero-order chi connectivity index (χ0) is 24.2. The first kappa shape index (κ1) is 25.1. The molecule has 0 radical (unpaired) electrons. The Kier molecular flexibility index (Phi) is 8.10. The fourth-order valence-corrected chi connectivity index (χ4v) is 4.51. The maximum atomic E-state index is 13.3. The Morgan fingerprint density at radius 1 is 1.24 bits per heavy atom. The van der Waals surface area contributed by atoms with E-state index in [1.165, 1.54) is 0 Å². The molecule has 1 fully saturated rings. The van der Waals surface area contributed by atoms with Crippen LogP contribution >= 0.6 is 0 Å². The topological polar surface area (TPSA) is 66.9 Å². The van der Waals surface area contributed by atoms with Gasteiger partial charge in [0.2, 0.25) is 11.8 Å². The average molecular weight is 455 g/mol. The van der Waals surface area contributed by atoms with E-state index in [-0.39, 0.29) is 11.3 Å². The van der Waals surface area contributed by atoms with Crippen LogP contribution in [0.1, 0.15) is 37.5 Å². The van der Waals surface area contributed by atoms with Gasteiger partial charge in [-0.3, -0.25) is 9.69 Å². The highest BCUT2D eigenvalue weighted by molar-refractivity contribution is 5.97. The number of amides is 1. The molecular formula is C26H38N4O3. The van der Waals surface area contributed by atoms with E-state index in [2.05, 4.69) is 40.7 Å². The highest BCUT2D eigenvalue weighted by atomic mass is 16.5. The SMILES string of the molecule is COC.Cc1cccc(C)c1Oc1cc2c(cn1)C(C)(C)CN2C(=O)CN1CCN[C@H](C)C1. The van der Waals surface area contributed by atoms with Crippen molar-refractivity contribution in [3.63, 3.8) is 0 Å². The molecule has 7 nitrogen and oxygen atoms in total. The summed E-state index contributed by atoms with van der Waals surface area (Å²) in [5, 5.41) is 3.43. The number of anilines is 1. The summed E-state index contributed by atoms with van der Waals surface area (Å²) < 4.78 is 10.4. The van der Waals surface area contributed by atoms with Crippen LogP contribution in [0.25, 0.3) is 0 Å². The van der Waals surface area contributed by atoms with Crippen LogP contribution in [0.5, 0.6) is 11.6 Å². The van der Waals surface area contributed by atoms with E-state index in [4.69, 9.17) is 4.74 Å². The van der Waals surface area contributed by atoms with Crippen molar-refractivity contribution >= 4 is 11.6 Å². The van der Waals surface area contributed by atoms with Crippen LogP contribution in [0.4, 0.5) is 5.69 Å². The Balaban J connectivity index is 0.000000968. The molecule has 33 heavy (non-hydrogen) atoms. The standard InChI is InChI=1S/C24H32N4O2.C2H6O/c1-16-7-6-8-17(2)23(16)30-21-11-20-19(12-26-21)24(4,5)15-28(20)22(29)14-27-10-9-25-18(3)13-27;1-3-2/h6-8,11-12,18,25H,9-10,13-15H2,1-5H3;1-2H3/t18-;/m1./s1. The number of hydrogen-bond donors (Lipinski definition) is 1. The van der Waals surface area contributed by atoms with E-state index >= 15 is 0 Å². The van der Waals surface area contributed by atoms with Crippen molar-refractivity contribution in [3.05, 3.63) is 47.2 Å². The van der Waals surface area contributed by atoms with Gasteiger partial charge in [-0.2, -0.15) is 0 Å². The molecule has 1 atom stereocenters. The summed E-state index contributed by atoms with van der Waals surface area (Å²) in [6.45, 7) is 14.4. The largest absolute Gasteiger partial charge is 0.438 e. The summed E-state index contributed by atoms with van der Waals surface area (Å²) in [6.07, 6.45) is 1.87. The first-order valence-electron chi connectivity index (χ1n) is 11.6. The molecule has 1 aromatic carbocycles. The van der Waals surface area contributed by atoms with Gasteiger partial charge < -0.3 is 19.7 Å². The monoisotopic (exact) mass is 454 g/mol. The maximum absolute atomic E-state index is 13.3. The van der Waals surface area contributed by atoms with Crippen LogP contribution < -0.4 is 15.0 Å². The Morgan fingerprint density at radius 2 is 1.91 bits per heavy atom. The molecule has 0 aliphatic carbocycles. The van der Waals surface area contributed by atoms with Crippen LogP contribution in [-0.4, -0.2) is 68.8 Å². The summed E-state index contributed by atoms with van der Waals surface area (Å²) in [4.78, 5) is 22.0. The van der Waals surface area contributed by atoms with Crippen LogP contribution in [-0.2, 0) is 14.9 Å². The third kappa shape index (κ3) is 5.91. The molecule has 0 saturated carbocycles. The lowest BCUT2D eigenvalue weighted by atomic mass is 9.88. The number of carbonyl (C=O) groups is 1. The lowest BCUT2D eigenvalue weighted by Crippen LogP contribution is -2.52. The minimum Gasteiger partial charge on any atom is -0.438 e. The third-order valence-corrected chi connectivity index (χ3v) is 6.16. The number of methoxy groups -OCH3 is 1. The molecule has 4 rings (SSSR count). The number of aromatic nitrogens is 1. The molecule has 180 valence electrons. The van der Waals surface area contributed by atoms with Crippen LogP contribution in [0.3, 0.4) is 0 Å². The number of rotatable bonds is 4. The molecule has 1 amide bonds. The van der Waals surface area contributed by atoms with E-state index in [0.29, 0.717) is 25.0 Å². The number of hydrogen-bond acceptors (Lipinski definition) is 6. The van der Waals surface area contributed by atoms with Crippen molar-refractivity contribution in [2.45, 2.75) is 46.1 Å². The fourth-order valence-electron chi connectivity index (χ4n) is 4.51. The molecule has 1 N–H and O–H groups in total. The van der Waals surface area contributed by atoms with Crippen molar-refractivity contribution in [3.8, 4) is 11.6 Å². The number of nitrogens with zero attached hydrogens (tertiary/aromatic N) is 3. The Morgan fingerprint density at radius 3 is 2.55 bits per heavy atom. The van der Waals surface area contributed by atoms with Gasteiger partial charge in [-0.05, 0) is 31.9 Å². The smallest absolute Gasteiger partial charge is 0.241 e. The number of piperazine rings is 1. The molecule has 2 aliphatic heterocycles. The average Bonchev–Trinajstić information content (AvgIpc) is 3.02. The number of benzene rings is 1. The second kappa shape index (κ2) is 10.6. The highest BCUT2D eigenvalue weighted by Gasteiger charge is 2.39. The van der Waals surface area contributed by atoms with Crippen LogP contribution in [0.15, 0.2) is 30.5 Å². The van der Waals surface area contributed by atoms with Gasteiger partial charge in [-0.25, -0.2) is 4.98 Å². The van der Waals surface area contributed by atoms with E-state index in [1.54, 1.807) is 14.2 Å². The Hall–Kier alpha value is -2.48. The van der Waals surface area contributed by atoms with Crippen molar-refractivity contribution in [2.75, 3.05) is 51.8 Å². The quantitative estimate of drug-likeness (QED) is 0.760. The maximum Gasteiger partial charge on any atom is 0.241 e. The Labute approximate surface area is 198 Å². The zero-order valence-corrected chi connectivity index (χ0v) is 21.1. The number of nitrogens with one attached hydrogen (secondary N) is 1. The van der Waals surface area contributed by atoms with Crippen LogP contribution in [0, 0.1) is 13.8 Å². The van der Waals surface area contributed by atoms with Gasteiger partial charge in [0.05, 0.1) is 12.2 Å². The second-order valence-corrected chi connectivity index (χ2v) is 9.72. The third-order valence-electron chi connectivity index (χ3n) is 6.16. The predicted octanol–water partition coefficient (Wildman–Crippen LogP) is 3.67. The highest BCUT2D eigenvalue weighted by Crippen LogP contribution is 2.42. The fraction of sp³-hybridized carbons (Fsp3) is 0.538. The number of ether oxygens (including phenoxy) is 2. The molecular weight excluding hydrogens is 416 g/mol. The van der Waals surface area contributed by atoms with Gasteiger partial charge in [0, 0.05) is 69.7 Å². The summed E-state index contributed by atoms with van der Waals surface area (Å²) in [5.74, 6) is 1.49. The summed E-state index contributed by atoms with van der Waals surface area (Å²) in [7, 11) is 3.25. The van der Waals surface area contributed by atoms with Crippen molar-refractivity contribution in [1.82, 2.24) is 15.2 Å². The summed E-state index contributed by atoms with van der Waals surface area (Å²) >= 11 is 0. The van der Waals surface area contributed by atoms with E-state index < -0.39 is 0 Å². The molecule has 7 heteroatoms. The molecule has 1 saturated heterocycles. The van der Waals surface area contributed by atoms with E-state index in [1.807, 2.05) is 49.2 Å². The number of para-hydroxylation sites is 1. The number of carbonyl (C=O) groups excluding carboxylic acids is 1. The summed E-state index contributed by atoms with van der Waals surface area (Å²) in [6, 6.07) is 8.42. The number of aryl methyl sites for hydroxylation is 2. The summed E-state index contributed by atoms with van der Waals surface area (Å²) in [5.41, 5.74) is 4.02. The molecule has 3 heterocycles. The molecule has 0 bridgehead atoms. The van der Waals surface area contributed by atoms with Gasteiger partial charge in [0.1, 0.15) is 5.75 Å². The minimum absolute atomic E-state index is 0.133. The van der Waals surface area contributed by atoms with E-state index in [9.17, 15) is 4.79 Å². The lowest BCUT2D eigenvalue weighted by Gasteiger charge is -2.32. The number of pyridine rings is 1. The predicted molar refractivity (Wildman–Crippen MR) is 132 cm³/mol. The van der Waals surface area contributed by atoms with Crippen LogP contribution in [0.2, 0.25) is 0 Å². The van der Waals surface area contributed by atoms with Gasteiger partial charge in [-0.1, -0.05) is 32.0 Å². The lowest BCUT2D eigenvalue weighted by molar-refractivity contribution is -0.120. The van der Waals surface area contributed by atoms with Gasteiger partial charge >= 0.3 is 0 Å². The van der Waals surface area contributed by atoms with Crippen molar-refractivity contribution in [1.29, 1.82) is 0 Å². The number of fused-ring (bicyclic) bond motifs is 1. The molecule has 2 aromatic rings. The molecule has 1 aromatic heterocycles. The minimum atomic E-state index is -0.133. The molecule has 0 unspecified atom stereocenters. The Bertz CT molecular complexity index is 956. The second-order valence-electron chi connectivity index (χ2n) is 9.72. The van der Waals surface area contributed by atoms with Gasteiger partial charge in [-0.15, -0.1) is 0 Å². The van der Waals surface area contributed by atoms with Gasteiger partial charge in [0.15, 0.2) is 0 Å². The molecule has 0 spiro atoms. The first-order valence-corrected chi connectivity index (χ1v) is 11.6. The van der Waals surface area contributed by atoms with Gasteiger partial charge in [0.25, 0.3) is 0 Å². The molecule has 2 aliphatic rings. The normalized spacial score (nSPS) is 19.5. The van der Waals surface area contributed by atoms with Crippen molar-refractivity contribution < 1.29 is 14.3 Å². The van der Waals surface area contributed by atoms with Crippen molar-refractivity contribution in [2.24, 2.45) is 0 Å². The first-order chi connectivity index (χ1) is 15.7. The zero-order valence-electron chi connectivity index (χ0n) is 21.1.